The average molecular weight is 329 g/mol. The summed E-state index contributed by atoms with van der Waals surface area (Å²) in [7, 11) is 0. The van der Waals surface area contributed by atoms with Crippen molar-refractivity contribution in [2.24, 2.45) is 5.73 Å². The Kier molecular flexibility index (Phi) is 3.49. The Hall–Kier alpha value is -2.08. The fraction of sp³-hybridized carbons (Fsp3) is 0.412. The maximum Gasteiger partial charge on any atom is 0.257 e. The molecule has 120 valence electrons. The van der Waals surface area contributed by atoms with Crippen molar-refractivity contribution in [1.29, 1.82) is 0 Å². The van der Waals surface area contributed by atoms with Gasteiger partial charge >= 0.3 is 0 Å². The van der Waals surface area contributed by atoms with E-state index in [9.17, 15) is 9.59 Å². The number of aromatic nitrogens is 1. The number of carbonyl (C=O) groups is 2. The molecule has 5 nitrogen and oxygen atoms in total. The molecule has 1 saturated heterocycles. The monoisotopic (exact) mass is 329 g/mol. The highest BCUT2D eigenvalue weighted by Gasteiger charge is 2.37. The van der Waals surface area contributed by atoms with E-state index in [-0.39, 0.29) is 5.91 Å². The van der Waals surface area contributed by atoms with Gasteiger partial charge in [0.25, 0.3) is 5.91 Å². The van der Waals surface area contributed by atoms with Crippen molar-refractivity contribution in [3.8, 4) is 5.00 Å². The molecule has 2 aliphatic rings. The van der Waals surface area contributed by atoms with Crippen molar-refractivity contribution < 1.29 is 9.59 Å². The number of nitrogens with two attached hydrogens (primary N) is 1. The molecule has 0 aromatic carbocycles. The average Bonchev–Trinajstić information content (AvgIpc) is 3.27. The number of primary amides is 1. The van der Waals surface area contributed by atoms with Crippen LogP contribution in [0.1, 0.15) is 40.1 Å². The normalized spacial score (nSPS) is 20.0. The second-order valence-electron chi connectivity index (χ2n) is 6.19. The van der Waals surface area contributed by atoms with Crippen molar-refractivity contribution in [1.82, 2.24) is 9.47 Å². The highest BCUT2D eigenvalue weighted by molar-refractivity contribution is 7.15. The first kappa shape index (κ1) is 14.5. The molecule has 1 fully saturated rings. The highest BCUT2D eigenvalue weighted by atomic mass is 32.1. The molecule has 4 rings (SSSR count). The van der Waals surface area contributed by atoms with Crippen LogP contribution in [0.3, 0.4) is 0 Å². The fourth-order valence-electron chi connectivity index (χ4n) is 3.71. The van der Waals surface area contributed by atoms with Crippen molar-refractivity contribution in [3.63, 3.8) is 0 Å². The molecule has 1 atom stereocenters. The zero-order valence-electron chi connectivity index (χ0n) is 12.8. The molecular weight excluding hydrogens is 310 g/mol. The summed E-state index contributed by atoms with van der Waals surface area (Å²) < 4.78 is 2.01. The molecule has 0 radical (unpaired) electrons. The Morgan fingerprint density at radius 1 is 1.17 bits per heavy atom. The Morgan fingerprint density at radius 3 is 2.70 bits per heavy atom. The van der Waals surface area contributed by atoms with E-state index in [2.05, 4.69) is 0 Å². The Morgan fingerprint density at radius 2 is 1.96 bits per heavy atom. The van der Waals surface area contributed by atoms with Gasteiger partial charge in [0.2, 0.25) is 5.91 Å². The lowest BCUT2D eigenvalue weighted by Crippen LogP contribution is -2.44. The predicted octanol–water partition coefficient (Wildman–Crippen LogP) is 2.12. The van der Waals surface area contributed by atoms with Gasteiger partial charge in [0, 0.05) is 23.8 Å². The molecular formula is C17H19N3O2S. The number of aryl methyl sites for hydroxylation is 1. The van der Waals surface area contributed by atoms with E-state index in [4.69, 9.17) is 5.73 Å². The second-order valence-corrected chi connectivity index (χ2v) is 7.27. The molecule has 6 heteroatoms. The zero-order valence-corrected chi connectivity index (χ0v) is 13.6. The third kappa shape index (κ3) is 2.28. The molecule has 2 aromatic rings. The largest absolute Gasteiger partial charge is 0.368 e. The summed E-state index contributed by atoms with van der Waals surface area (Å²) >= 11 is 1.70. The molecule has 0 unspecified atom stereocenters. The van der Waals surface area contributed by atoms with Crippen LogP contribution in [0.2, 0.25) is 0 Å². The van der Waals surface area contributed by atoms with Crippen molar-refractivity contribution >= 4 is 23.2 Å². The quantitative estimate of drug-likeness (QED) is 0.937. The molecule has 0 spiro atoms. The van der Waals surface area contributed by atoms with Gasteiger partial charge in [-0.3, -0.25) is 9.59 Å². The lowest BCUT2D eigenvalue weighted by molar-refractivity contribution is -0.121. The smallest absolute Gasteiger partial charge is 0.257 e. The van der Waals surface area contributed by atoms with Crippen LogP contribution in [0.5, 0.6) is 0 Å². The first-order chi connectivity index (χ1) is 11.2. The summed E-state index contributed by atoms with van der Waals surface area (Å²) in [6.07, 6.45) is 8.54. The van der Waals surface area contributed by atoms with Gasteiger partial charge in [-0.25, -0.2) is 0 Å². The Balaban J connectivity index is 1.79. The minimum atomic E-state index is -0.461. The highest BCUT2D eigenvalue weighted by Crippen LogP contribution is 2.39. The molecule has 0 saturated carbocycles. The maximum absolute atomic E-state index is 13.2. The number of amides is 2. The van der Waals surface area contributed by atoms with Gasteiger partial charge < -0.3 is 15.2 Å². The van der Waals surface area contributed by atoms with Gasteiger partial charge in [0.05, 0.1) is 5.56 Å². The second kappa shape index (κ2) is 5.53. The molecule has 2 aromatic heterocycles. The lowest BCUT2D eigenvalue weighted by Gasteiger charge is -2.23. The summed E-state index contributed by atoms with van der Waals surface area (Å²) in [5.74, 6) is -0.431. The third-order valence-corrected chi connectivity index (χ3v) is 6.10. The number of hydrogen-bond donors (Lipinski definition) is 1. The van der Waals surface area contributed by atoms with Crippen LogP contribution >= 0.6 is 11.3 Å². The third-order valence-electron chi connectivity index (χ3n) is 4.80. The van der Waals surface area contributed by atoms with E-state index >= 15 is 0 Å². The number of thiophene rings is 1. The van der Waals surface area contributed by atoms with Gasteiger partial charge in [-0.2, -0.15) is 0 Å². The minimum absolute atomic E-state index is 0.0330. The summed E-state index contributed by atoms with van der Waals surface area (Å²) in [5.41, 5.74) is 7.45. The van der Waals surface area contributed by atoms with Crippen molar-refractivity contribution in [3.05, 3.63) is 40.5 Å². The van der Waals surface area contributed by atoms with Crippen LogP contribution in [0.25, 0.3) is 5.00 Å². The number of likely N-dealkylation sites (tertiary alicyclic amines) is 1. The van der Waals surface area contributed by atoms with E-state index in [0.29, 0.717) is 13.0 Å². The van der Waals surface area contributed by atoms with Crippen LogP contribution in [0, 0.1) is 0 Å². The first-order valence-corrected chi connectivity index (χ1v) is 8.86. The number of hydrogen-bond acceptors (Lipinski definition) is 3. The van der Waals surface area contributed by atoms with Crippen LogP contribution in [0.15, 0.2) is 24.5 Å². The standard InChI is InChI=1S/C17H19N3O2S/c18-15(21)12-6-4-10-20(12)16(22)14-11-5-3-7-13(11)23-17(14)19-8-1-2-9-19/h1-2,8-9,12H,3-7,10H2,(H2,18,21)/t12-/m0/s1. The topological polar surface area (TPSA) is 68.3 Å². The van der Waals surface area contributed by atoms with E-state index in [0.717, 1.165) is 36.2 Å². The lowest BCUT2D eigenvalue weighted by atomic mass is 10.1. The zero-order chi connectivity index (χ0) is 16.0. The van der Waals surface area contributed by atoms with Crippen LogP contribution in [0.4, 0.5) is 0 Å². The van der Waals surface area contributed by atoms with Gasteiger partial charge in [0.1, 0.15) is 11.0 Å². The predicted molar refractivity (Wildman–Crippen MR) is 88.9 cm³/mol. The number of nitrogens with zero attached hydrogens (tertiary/aromatic N) is 2. The summed E-state index contributed by atoms with van der Waals surface area (Å²) in [5, 5.41) is 0.972. The summed E-state index contributed by atoms with van der Waals surface area (Å²) in [6, 6.07) is 3.46. The van der Waals surface area contributed by atoms with Crippen molar-refractivity contribution in [2.75, 3.05) is 6.54 Å². The molecule has 1 aliphatic carbocycles. The molecule has 23 heavy (non-hydrogen) atoms. The van der Waals surface area contributed by atoms with Gasteiger partial charge in [-0.1, -0.05) is 0 Å². The summed E-state index contributed by atoms with van der Waals surface area (Å²) in [4.78, 5) is 27.9. The molecule has 3 heterocycles. The van der Waals surface area contributed by atoms with Crippen molar-refractivity contribution in [2.45, 2.75) is 38.1 Å². The fourth-order valence-corrected chi connectivity index (χ4v) is 5.06. The Bertz CT molecular complexity index is 763. The maximum atomic E-state index is 13.2. The first-order valence-electron chi connectivity index (χ1n) is 8.05. The van der Waals surface area contributed by atoms with Crippen LogP contribution in [-0.4, -0.2) is 33.9 Å². The summed E-state index contributed by atoms with van der Waals surface area (Å²) in [6.45, 7) is 0.613. The van der Waals surface area contributed by atoms with Crippen LogP contribution in [-0.2, 0) is 17.6 Å². The van der Waals surface area contributed by atoms with E-state index < -0.39 is 11.9 Å². The van der Waals surface area contributed by atoms with Gasteiger partial charge in [0.15, 0.2) is 0 Å². The van der Waals surface area contributed by atoms with Crippen LogP contribution < -0.4 is 5.73 Å². The number of carbonyl (C=O) groups excluding carboxylic acids is 2. The van der Waals surface area contributed by atoms with Gasteiger partial charge in [-0.15, -0.1) is 11.3 Å². The minimum Gasteiger partial charge on any atom is -0.368 e. The van der Waals surface area contributed by atoms with E-state index in [1.807, 2.05) is 29.1 Å². The van der Waals surface area contributed by atoms with E-state index in [1.165, 1.54) is 10.4 Å². The van der Waals surface area contributed by atoms with Gasteiger partial charge in [-0.05, 0) is 49.8 Å². The molecule has 0 bridgehead atoms. The number of fused-ring (bicyclic) bond motifs is 1. The molecule has 2 amide bonds. The molecule has 2 N–H and O–H groups in total. The number of rotatable bonds is 3. The Labute approximate surface area is 138 Å². The SMILES string of the molecule is NC(=O)[C@@H]1CCCN1C(=O)c1c(-n2cccc2)sc2c1CCC2. The molecule has 1 aliphatic heterocycles. The van der Waals surface area contributed by atoms with E-state index in [1.54, 1.807) is 16.2 Å².